The lowest BCUT2D eigenvalue weighted by Crippen LogP contribution is -1.87. The van der Waals surface area contributed by atoms with E-state index in [-0.39, 0.29) is 5.75 Å². The van der Waals surface area contributed by atoms with E-state index in [0.717, 1.165) is 21.9 Å². The van der Waals surface area contributed by atoms with Crippen LogP contribution in [-0.2, 0) is 0 Å². The number of hydrogen-bond acceptors (Lipinski definition) is 3. The second kappa shape index (κ2) is 2.92. The van der Waals surface area contributed by atoms with Gasteiger partial charge in [0, 0.05) is 11.1 Å². The predicted molar refractivity (Wildman–Crippen MR) is 64.5 cm³/mol. The van der Waals surface area contributed by atoms with E-state index >= 15 is 0 Å². The van der Waals surface area contributed by atoms with Crippen LogP contribution in [-0.4, -0.2) is 5.11 Å². The number of nitrogens with two attached hydrogens (primary N) is 1. The molecule has 0 saturated carbocycles. The van der Waals surface area contributed by atoms with Crippen LogP contribution in [0.2, 0.25) is 0 Å². The number of para-hydroxylation sites is 1. The molecule has 0 fully saturated rings. The zero-order chi connectivity index (χ0) is 11.3. The highest BCUT2D eigenvalue weighted by Gasteiger charge is 2.14. The Morgan fingerprint density at radius 3 is 2.81 bits per heavy atom. The Hall–Kier alpha value is -2.16. The number of aromatic hydroxyl groups is 1. The fourth-order valence-electron chi connectivity index (χ4n) is 2.05. The molecule has 0 radical (unpaired) electrons. The molecule has 0 amide bonds. The molecule has 0 aliphatic carbocycles. The molecule has 0 aliphatic rings. The van der Waals surface area contributed by atoms with E-state index in [1.54, 1.807) is 13.0 Å². The molecule has 0 atom stereocenters. The van der Waals surface area contributed by atoms with Crippen molar-refractivity contribution in [2.75, 3.05) is 5.73 Å². The molecule has 0 bridgehead atoms. The van der Waals surface area contributed by atoms with Gasteiger partial charge in [0.1, 0.15) is 5.58 Å². The minimum atomic E-state index is 0.167. The average Bonchev–Trinajstić information content (AvgIpc) is 2.65. The molecule has 3 N–H and O–H groups in total. The van der Waals surface area contributed by atoms with Crippen molar-refractivity contribution in [1.82, 2.24) is 0 Å². The van der Waals surface area contributed by atoms with Crippen LogP contribution in [0.25, 0.3) is 21.9 Å². The van der Waals surface area contributed by atoms with Gasteiger partial charge >= 0.3 is 0 Å². The summed E-state index contributed by atoms with van der Waals surface area (Å²) in [5.74, 6) is 0.167. The Morgan fingerprint density at radius 1 is 1.25 bits per heavy atom. The van der Waals surface area contributed by atoms with Crippen molar-refractivity contribution >= 4 is 27.6 Å². The van der Waals surface area contributed by atoms with Crippen LogP contribution in [0, 0.1) is 6.92 Å². The summed E-state index contributed by atoms with van der Waals surface area (Å²) in [6, 6.07) is 9.38. The van der Waals surface area contributed by atoms with Crippen molar-refractivity contribution < 1.29 is 9.52 Å². The Morgan fingerprint density at radius 2 is 2.00 bits per heavy atom. The number of aryl methyl sites for hydroxylation is 1. The number of nitrogen functional groups attached to an aromatic ring is 1. The predicted octanol–water partition coefficient (Wildman–Crippen LogP) is 3.18. The topological polar surface area (TPSA) is 59.4 Å². The Labute approximate surface area is 92.1 Å². The van der Waals surface area contributed by atoms with Gasteiger partial charge in [0.15, 0.2) is 11.3 Å². The molecule has 3 nitrogen and oxygen atoms in total. The average molecular weight is 213 g/mol. The molecule has 1 aromatic heterocycles. The van der Waals surface area contributed by atoms with E-state index < -0.39 is 0 Å². The molecular weight excluding hydrogens is 202 g/mol. The number of anilines is 1. The normalized spacial score (nSPS) is 11.3. The molecule has 0 aliphatic heterocycles. The first-order chi connectivity index (χ1) is 7.68. The van der Waals surface area contributed by atoms with Crippen LogP contribution in [0.15, 0.2) is 34.7 Å². The monoisotopic (exact) mass is 213 g/mol. The summed E-state index contributed by atoms with van der Waals surface area (Å²) in [5.41, 5.74) is 8.54. The van der Waals surface area contributed by atoms with Crippen molar-refractivity contribution in [2.45, 2.75) is 6.92 Å². The van der Waals surface area contributed by atoms with E-state index in [1.165, 1.54) is 0 Å². The SMILES string of the molecule is Cc1cc(N)c2c(oc3ccccc32)c1O. The van der Waals surface area contributed by atoms with Crippen molar-refractivity contribution in [1.29, 1.82) is 0 Å². The molecule has 0 unspecified atom stereocenters. The number of fused-ring (bicyclic) bond motifs is 3. The van der Waals surface area contributed by atoms with Crippen LogP contribution in [0.1, 0.15) is 5.56 Å². The van der Waals surface area contributed by atoms with Gasteiger partial charge < -0.3 is 15.3 Å². The smallest absolute Gasteiger partial charge is 0.179 e. The zero-order valence-corrected chi connectivity index (χ0v) is 8.82. The molecule has 16 heavy (non-hydrogen) atoms. The van der Waals surface area contributed by atoms with Gasteiger partial charge in [-0.25, -0.2) is 0 Å². The van der Waals surface area contributed by atoms with Crippen LogP contribution in [0.3, 0.4) is 0 Å². The third-order valence-corrected chi connectivity index (χ3v) is 2.84. The Kier molecular flexibility index (Phi) is 1.66. The summed E-state index contributed by atoms with van der Waals surface area (Å²) in [5, 5.41) is 11.7. The van der Waals surface area contributed by atoms with Gasteiger partial charge in [-0.2, -0.15) is 0 Å². The maximum Gasteiger partial charge on any atom is 0.179 e. The van der Waals surface area contributed by atoms with Crippen molar-refractivity contribution in [3.8, 4) is 5.75 Å². The molecule has 3 heteroatoms. The van der Waals surface area contributed by atoms with Gasteiger partial charge in [0.25, 0.3) is 0 Å². The first-order valence-corrected chi connectivity index (χ1v) is 5.08. The van der Waals surface area contributed by atoms with Gasteiger partial charge in [-0.3, -0.25) is 0 Å². The molecule has 1 heterocycles. The van der Waals surface area contributed by atoms with Gasteiger partial charge in [-0.05, 0) is 24.6 Å². The number of phenolic OH excluding ortho intramolecular Hbond substituents is 1. The summed E-state index contributed by atoms with van der Waals surface area (Å²) in [6.07, 6.45) is 0. The molecule has 3 rings (SSSR count). The van der Waals surface area contributed by atoms with Crippen molar-refractivity contribution in [3.05, 3.63) is 35.9 Å². The first-order valence-electron chi connectivity index (χ1n) is 5.08. The highest BCUT2D eigenvalue weighted by Crippen LogP contribution is 2.39. The zero-order valence-electron chi connectivity index (χ0n) is 8.82. The van der Waals surface area contributed by atoms with E-state index in [1.807, 2.05) is 24.3 Å². The number of benzene rings is 2. The van der Waals surface area contributed by atoms with Crippen LogP contribution in [0.5, 0.6) is 5.75 Å². The summed E-state index contributed by atoms with van der Waals surface area (Å²) >= 11 is 0. The fourth-order valence-corrected chi connectivity index (χ4v) is 2.05. The molecule has 3 aromatic rings. The largest absolute Gasteiger partial charge is 0.504 e. The lowest BCUT2D eigenvalue weighted by molar-refractivity contribution is 0.465. The number of phenols is 1. The minimum absolute atomic E-state index is 0.167. The number of hydrogen-bond donors (Lipinski definition) is 2. The molecule has 80 valence electrons. The van der Waals surface area contributed by atoms with Gasteiger partial charge in [0.2, 0.25) is 0 Å². The van der Waals surface area contributed by atoms with Gasteiger partial charge in [-0.15, -0.1) is 0 Å². The van der Waals surface area contributed by atoms with E-state index in [2.05, 4.69) is 0 Å². The highest BCUT2D eigenvalue weighted by molar-refractivity contribution is 6.12. The molecule has 0 spiro atoms. The number of furan rings is 1. The van der Waals surface area contributed by atoms with Crippen LogP contribution >= 0.6 is 0 Å². The third kappa shape index (κ3) is 1.03. The standard InChI is InChI=1S/C13H11NO2/c1-7-6-9(14)11-8-4-2-3-5-10(8)16-13(11)12(7)15/h2-6,15H,14H2,1H3. The van der Waals surface area contributed by atoms with E-state index in [9.17, 15) is 5.11 Å². The fraction of sp³-hybridized carbons (Fsp3) is 0.0769. The number of rotatable bonds is 0. The summed E-state index contributed by atoms with van der Waals surface area (Å²) in [4.78, 5) is 0. The summed E-state index contributed by atoms with van der Waals surface area (Å²) in [7, 11) is 0. The quantitative estimate of drug-likeness (QED) is 0.445. The van der Waals surface area contributed by atoms with E-state index in [0.29, 0.717) is 11.3 Å². The Balaban J connectivity index is 2.64. The second-order valence-electron chi connectivity index (χ2n) is 3.93. The highest BCUT2D eigenvalue weighted by atomic mass is 16.4. The van der Waals surface area contributed by atoms with Crippen LogP contribution in [0.4, 0.5) is 5.69 Å². The lowest BCUT2D eigenvalue weighted by Gasteiger charge is -2.01. The van der Waals surface area contributed by atoms with Crippen molar-refractivity contribution in [2.24, 2.45) is 0 Å². The van der Waals surface area contributed by atoms with Crippen molar-refractivity contribution in [3.63, 3.8) is 0 Å². The molecule has 2 aromatic carbocycles. The maximum atomic E-state index is 9.93. The second-order valence-corrected chi connectivity index (χ2v) is 3.93. The summed E-state index contributed by atoms with van der Waals surface area (Å²) in [6.45, 7) is 1.80. The summed E-state index contributed by atoms with van der Waals surface area (Å²) < 4.78 is 5.61. The van der Waals surface area contributed by atoms with Gasteiger partial charge in [0.05, 0.1) is 5.39 Å². The molecular formula is C13H11NO2. The molecule has 0 saturated heterocycles. The first kappa shape index (κ1) is 9.09. The third-order valence-electron chi connectivity index (χ3n) is 2.84. The van der Waals surface area contributed by atoms with E-state index in [4.69, 9.17) is 10.2 Å². The maximum absolute atomic E-state index is 9.93. The Bertz CT molecular complexity index is 698. The minimum Gasteiger partial charge on any atom is -0.504 e. The van der Waals surface area contributed by atoms with Crippen LogP contribution < -0.4 is 5.73 Å². The lowest BCUT2D eigenvalue weighted by atomic mass is 10.1. The van der Waals surface area contributed by atoms with Gasteiger partial charge in [-0.1, -0.05) is 18.2 Å².